The Kier molecular flexibility index (Phi) is 4.90. The zero-order valence-corrected chi connectivity index (χ0v) is 12.7. The minimum atomic E-state index is -4.50. The highest BCUT2D eigenvalue weighted by molar-refractivity contribution is 7.99. The Hall–Kier alpha value is -0.820. The van der Waals surface area contributed by atoms with Crippen LogP contribution >= 0.6 is 11.8 Å². The van der Waals surface area contributed by atoms with E-state index in [1.165, 1.54) is 12.1 Å². The third kappa shape index (κ3) is 3.44. The smallest absolute Gasteiger partial charge is 0.341 e. The number of benzene rings is 1. The SMILES string of the molecule is CSC1CCC(Nc2ccc(S(=O)(=O)C(F)F)cc2)C1. The van der Waals surface area contributed by atoms with Crippen molar-refractivity contribution in [3.05, 3.63) is 24.3 Å². The third-order valence-corrected chi connectivity index (χ3v) is 6.00. The number of sulfone groups is 1. The molecule has 0 aromatic heterocycles. The van der Waals surface area contributed by atoms with Gasteiger partial charge in [-0.3, -0.25) is 0 Å². The number of hydrogen-bond donors (Lipinski definition) is 1. The van der Waals surface area contributed by atoms with Crippen LogP contribution < -0.4 is 5.32 Å². The molecule has 1 fully saturated rings. The Morgan fingerprint density at radius 2 is 1.90 bits per heavy atom. The molecule has 2 rings (SSSR count). The number of thioether (sulfide) groups is 1. The van der Waals surface area contributed by atoms with Crippen LogP contribution in [-0.2, 0) is 9.84 Å². The third-order valence-electron chi connectivity index (χ3n) is 3.51. The van der Waals surface area contributed by atoms with E-state index in [0.717, 1.165) is 24.9 Å². The average Bonchev–Trinajstić information content (AvgIpc) is 2.87. The molecule has 0 saturated heterocycles. The lowest BCUT2D eigenvalue weighted by molar-refractivity contribution is 0.234. The predicted octanol–water partition coefficient (Wildman–Crippen LogP) is 3.38. The molecule has 7 heteroatoms. The maximum atomic E-state index is 12.4. The molecule has 0 radical (unpaired) electrons. The minimum absolute atomic E-state index is 0.341. The Labute approximate surface area is 122 Å². The Morgan fingerprint density at radius 3 is 2.40 bits per heavy atom. The van der Waals surface area contributed by atoms with Crippen molar-refractivity contribution in [3.63, 3.8) is 0 Å². The summed E-state index contributed by atoms with van der Waals surface area (Å²) < 4.78 is 47.4. The summed E-state index contributed by atoms with van der Waals surface area (Å²) in [5, 5.41) is 3.98. The van der Waals surface area contributed by atoms with Gasteiger partial charge in [-0.25, -0.2) is 8.42 Å². The summed E-state index contributed by atoms with van der Waals surface area (Å²) in [5.74, 6) is -3.38. The van der Waals surface area contributed by atoms with Gasteiger partial charge < -0.3 is 5.32 Å². The van der Waals surface area contributed by atoms with Crippen LogP contribution in [0.4, 0.5) is 14.5 Å². The van der Waals surface area contributed by atoms with E-state index in [1.54, 1.807) is 12.1 Å². The summed E-state index contributed by atoms with van der Waals surface area (Å²) >= 11 is 1.85. The molecule has 20 heavy (non-hydrogen) atoms. The van der Waals surface area contributed by atoms with E-state index >= 15 is 0 Å². The molecular formula is C13H17F2NO2S2. The highest BCUT2D eigenvalue weighted by Gasteiger charge is 2.27. The first-order valence-electron chi connectivity index (χ1n) is 6.35. The Bertz CT molecular complexity index is 546. The van der Waals surface area contributed by atoms with Gasteiger partial charge in [-0.2, -0.15) is 20.5 Å². The summed E-state index contributed by atoms with van der Waals surface area (Å²) in [7, 11) is -4.50. The van der Waals surface area contributed by atoms with Crippen LogP contribution in [0.3, 0.4) is 0 Å². The lowest BCUT2D eigenvalue weighted by Crippen LogP contribution is -2.16. The van der Waals surface area contributed by atoms with Crippen molar-refractivity contribution in [2.75, 3.05) is 11.6 Å². The maximum absolute atomic E-state index is 12.4. The number of halogens is 2. The molecule has 0 spiro atoms. The second kappa shape index (κ2) is 6.30. The molecule has 1 aromatic carbocycles. The molecule has 0 aliphatic heterocycles. The first-order chi connectivity index (χ1) is 9.43. The normalized spacial score (nSPS) is 23.2. The number of alkyl halides is 2. The van der Waals surface area contributed by atoms with Gasteiger partial charge in [-0.15, -0.1) is 0 Å². The highest BCUT2D eigenvalue weighted by atomic mass is 32.2. The molecule has 3 nitrogen and oxygen atoms in total. The van der Waals surface area contributed by atoms with Crippen molar-refractivity contribution in [2.24, 2.45) is 0 Å². The minimum Gasteiger partial charge on any atom is -0.382 e. The van der Waals surface area contributed by atoms with Gasteiger partial charge in [0.15, 0.2) is 0 Å². The van der Waals surface area contributed by atoms with Gasteiger partial charge in [0.25, 0.3) is 0 Å². The molecule has 1 aliphatic carbocycles. The monoisotopic (exact) mass is 321 g/mol. The van der Waals surface area contributed by atoms with E-state index in [2.05, 4.69) is 11.6 Å². The summed E-state index contributed by atoms with van der Waals surface area (Å²) in [4.78, 5) is -0.341. The van der Waals surface area contributed by atoms with Crippen LogP contribution in [0.1, 0.15) is 19.3 Å². The van der Waals surface area contributed by atoms with Crippen LogP contribution in [0.5, 0.6) is 0 Å². The first kappa shape index (κ1) is 15.6. The van der Waals surface area contributed by atoms with E-state index < -0.39 is 15.6 Å². The van der Waals surface area contributed by atoms with Crippen molar-refractivity contribution in [2.45, 2.75) is 41.2 Å². The highest BCUT2D eigenvalue weighted by Crippen LogP contribution is 2.30. The average molecular weight is 321 g/mol. The van der Waals surface area contributed by atoms with Crippen LogP contribution in [0, 0.1) is 0 Å². The lowest BCUT2D eigenvalue weighted by atomic mass is 10.2. The van der Waals surface area contributed by atoms with Gasteiger partial charge in [-0.05, 0) is 49.8 Å². The molecule has 2 atom stereocenters. The number of rotatable bonds is 5. The maximum Gasteiger partial charge on any atom is 0.341 e. The summed E-state index contributed by atoms with van der Waals surface area (Å²) in [5.41, 5.74) is 0.768. The van der Waals surface area contributed by atoms with E-state index in [-0.39, 0.29) is 4.90 Å². The molecule has 0 bridgehead atoms. The van der Waals surface area contributed by atoms with Crippen molar-refractivity contribution >= 4 is 27.3 Å². The van der Waals surface area contributed by atoms with E-state index in [9.17, 15) is 17.2 Å². The molecule has 0 heterocycles. The zero-order chi connectivity index (χ0) is 14.8. The van der Waals surface area contributed by atoms with Crippen LogP contribution in [0.15, 0.2) is 29.2 Å². The second-order valence-electron chi connectivity index (χ2n) is 4.84. The standard InChI is InChI=1S/C13H17F2NO2S2/c1-19-11-5-2-10(8-11)16-9-3-6-12(7-4-9)20(17,18)13(14)15/h3-4,6-7,10-11,13,16H,2,5,8H2,1H3. The summed E-state index contributed by atoms with van der Waals surface area (Å²) in [6.07, 6.45) is 5.40. The first-order valence-corrected chi connectivity index (χ1v) is 9.18. The van der Waals surface area contributed by atoms with Crippen molar-refractivity contribution in [1.29, 1.82) is 0 Å². The van der Waals surface area contributed by atoms with Gasteiger partial charge >= 0.3 is 5.76 Å². The van der Waals surface area contributed by atoms with Gasteiger partial charge in [-0.1, -0.05) is 0 Å². The quantitative estimate of drug-likeness (QED) is 0.903. The van der Waals surface area contributed by atoms with Gasteiger partial charge in [0.2, 0.25) is 9.84 Å². The summed E-state index contributed by atoms with van der Waals surface area (Å²) in [6, 6.07) is 5.91. The van der Waals surface area contributed by atoms with Crippen LogP contribution in [0.25, 0.3) is 0 Å². The summed E-state index contributed by atoms with van der Waals surface area (Å²) in [6.45, 7) is 0. The van der Waals surface area contributed by atoms with Crippen molar-refractivity contribution < 1.29 is 17.2 Å². The lowest BCUT2D eigenvalue weighted by Gasteiger charge is -2.14. The molecule has 1 saturated carbocycles. The topological polar surface area (TPSA) is 46.2 Å². The van der Waals surface area contributed by atoms with E-state index in [0.29, 0.717) is 11.3 Å². The largest absolute Gasteiger partial charge is 0.382 e. The molecule has 0 amide bonds. The van der Waals surface area contributed by atoms with E-state index in [4.69, 9.17) is 0 Å². The fraction of sp³-hybridized carbons (Fsp3) is 0.538. The van der Waals surface area contributed by atoms with Crippen LogP contribution in [-0.4, -0.2) is 31.7 Å². The fourth-order valence-corrected chi connectivity index (χ4v) is 3.88. The van der Waals surface area contributed by atoms with Gasteiger partial charge in [0.1, 0.15) is 0 Å². The number of anilines is 1. The Morgan fingerprint density at radius 1 is 1.25 bits per heavy atom. The predicted molar refractivity (Wildman–Crippen MR) is 78.2 cm³/mol. The number of hydrogen-bond acceptors (Lipinski definition) is 4. The zero-order valence-electron chi connectivity index (χ0n) is 11.1. The molecule has 112 valence electrons. The molecule has 1 aliphatic rings. The van der Waals surface area contributed by atoms with Gasteiger partial charge in [0.05, 0.1) is 4.90 Å². The second-order valence-corrected chi connectivity index (χ2v) is 7.90. The molecular weight excluding hydrogens is 304 g/mol. The molecule has 1 N–H and O–H groups in total. The molecule has 2 unspecified atom stereocenters. The Balaban J connectivity index is 2.03. The van der Waals surface area contributed by atoms with E-state index in [1.807, 2.05) is 11.8 Å². The van der Waals surface area contributed by atoms with Crippen molar-refractivity contribution in [3.8, 4) is 0 Å². The fourth-order valence-electron chi connectivity index (χ4n) is 2.36. The van der Waals surface area contributed by atoms with Gasteiger partial charge in [0, 0.05) is 17.0 Å². The molecule has 1 aromatic rings. The van der Waals surface area contributed by atoms with Crippen LogP contribution in [0.2, 0.25) is 0 Å². The van der Waals surface area contributed by atoms with Crippen molar-refractivity contribution in [1.82, 2.24) is 0 Å². The number of nitrogens with one attached hydrogen (secondary N) is 1.